The first-order valence-corrected chi connectivity index (χ1v) is 9.18. The van der Waals surface area contributed by atoms with Crippen LogP contribution in [0.4, 0.5) is 5.82 Å². The Balaban J connectivity index is 1.58. The number of aromatic nitrogens is 2. The molecule has 3 aliphatic rings. The third-order valence-electron chi connectivity index (χ3n) is 5.87. The van der Waals surface area contributed by atoms with E-state index in [-0.39, 0.29) is 17.2 Å². The first-order valence-electron chi connectivity index (χ1n) is 9.18. The third kappa shape index (κ3) is 3.22. The monoisotopic (exact) mass is 346 g/mol. The molecule has 1 atom stereocenters. The normalized spacial score (nSPS) is 26.2. The fourth-order valence-electron chi connectivity index (χ4n) is 4.33. The van der Waals surface area contributed by atoms with Gasteiger partial charge >= 0.3 is 0 Å². The number of amides is 1. The Morgan fingerprint density at radius 1 is 1.12 bits per heavy atom. The highest BCUT2D eigenvalue weighted by Crippen LogP contribution is 2.46. The van der Waals surface area contributed by atoms with Crippen LogP contribution in [0, 0.1) is 18.3 Å². The Labute approximate surface area is 148 Å². The summed E-state index contributed by atoms with van der Waals surface area (Å²) in [6.07, 6.45) is 1.87. The molecule has 0 N–H and O–H groups in total. The summed E-state index contributed by atoms with van der Waals surface area (Å²) >= 11 is 0. The Morgan fingerprint density at radius 3 is 2.52 bits per heavy atom. The lowest BCUT2D eigenvalue weighted by Gasteiger charge is -2.39. The van der Waals surface area contributed by atoms with E-state index in [1.165, 1.54) is 0 Å². The summed E-state index contributed by atoms with van der Waals surface area (Å²) in [5.41, 5.74) is 0.893. The first kappa shape index (κ1) is 16.7. The molecule has 3 saturated heterocycles. The number of morpholine rings is 1. The van der Waals surface area contributed by atoms with Crippen LogP contribution in [0.2, 0.25) is 0 Å². The first-order chi connectivity index (χ1) is 12.2. The maximum atomic E-state index is 13.3. The van der Waals surface area contributed by atoms with E-state index in [0.717, 1.165) is 44.1 Å². The number of hydrogen-bond donors (Lipinski definition) is 0. The molecule has 0 bridgehead atoms. The van der Waals surface area contributed by atoms with Crippen LogP contribution < -0.4 is 4.90 Å². The van der Waals surface area contributed by atoms with Crippen molar-refractivity contribution in [3.63, 3.8) is 0 Å². The minimum atomic E-state index is -0.0137. The van der Waals surface area contributed by atoms with Gasteiger partial charge in [0, 0.05) is 44.8 Å². The van der Waals surface area contributed by atoms with Gasteiger partial charge in [-0.2, -0.15) is 5.10 Å². The molecule has 25 heavy (non-hydrogen) atoms. The molecule has 0 saturated carbocycles. The molecule has 1 spiro atoms. The van der Waals surface area contributed by atoms with Crippen LogP contribution in [0.15, 0.2) is 12.1 Å². The minimum absolute atomic E-state index is 0.00222. The number of carbonyl (C=O) groups is 1. The molecule has 0 aliphatic carbocycles. The highest BCUT2D eigenvalue weighted by Gasteiger charge is 2.52. The molecule has 7 heteroatoms. The molecular formula is C18H26N4O3. The van der Waals surface area contributed by atoms with E-state index in [9.17, 15) is 4.79 Å². The Morgan fingerprint density at radius 2 is 1.84 bits per heavy atom. The van der Waals surface area contributed by atoms with Gasteiger partial charge in [-0.05, 0) is 31.9 Å². The maximum absolute atomic E-state index is 13.3. The lowest BCUT2D eigenvalue weighted by atomic mass is 9.71. The highest BCUT2D eigenvalue weighted by atomic mass is 16.5. The number of nitrogens with zero attached hydrogens (tertiary/aromatic N) is 4. The Kier molecular flexibility index (Phi) is 4.60. The van der Waals surface area contributed by atoms with Gasteiger partial charge in [0.05, 0.1) is 24.8 Å². The molecular weight excluding hydrogens is 320 g/mol. The minimum Gasteiger partial charge on any atom is -0.381 e. The largest absolute Gasteiger partial charge is 0.381 e. The number of anilines is 1. The number of rotatable bonds is 2. The van der Waals surface area contributed by atoms with Crippen molar-refractivity contribution in [2.75, 3.05) is 57.5 Å². The lowest BCUT2D eigenvalue weighted by molar-refractivity contribution is -0.144. The molecule has 1 aromatic heterocycles. The zero-order valence-electron chi connectivity index (χ0n) is 14.8. The van der Waals surface area contributed by atoms with Gasteiger partial charge in [0.15, 0.2) is 5.82 Å². The highest BCUT2D eigenvalue weighted by molar-refractivity contribution is 5.81. The summed E-state index contributed by atoms with van der Waals surface area (Å²) in [4.78, 5) is 17.5. The Bertz CT molecular complexity index is 609. The van der Waals surface area contributed by atoms with E-state index in [1.54, 1.807) is 0 Å². The summed E-state index contributed by atoms with van der Waals surface area (Å²) < 4.78 is 11.0. The molecule has 4 heterocycles. The number of ether oxygens (including phenoxy) is 2. The summed E-state index contributed by atoms with van der Waals surface area (Å²) in [6.45, 7) is 7.66. The van der Waals surface area contributed by atoms with Crippen molar-refractivity contribution in [3.8, 4) is 0 Å². The number of hydrogen-bond acceptors (Lipinski definition) is 6. The molecule has 3 fully saturated rings. The van der Waals surface area contributed by atoms with Gasteiger partial charge in [0.2, 0.25) is 5.91 Å². The zero-order chi connectivity index (χ0) is 17.3. The van der Waals surface area contributed by atoms with Crippen molar-refractivity contribution >= 4 is 11.7 Å². The molecule has 0 radical (unpaired) electrons. The van der Waals surface area contributed by atoms with Crippen molar-refractivity contribution in [2.45, 2.75) is 19.8 Å². The van der Waals surface area contributed by atoms with Crippen LogP contribution in [0.1, 0.15) is 18.5 Å². The fraction of sp³-hybridized carbons (Fsp3) is 0.722. The lowest BCUT2D eigenvalue weighted by Crippen LogP contribution is -2.49. The van der Waals surface area contributed by atoms with Crippen LogP contribution in [0.3, 0.4) is 0 Å². The van der Waals surface area contributed by atoms with Crippen LogP contribution in [0.25, 0.3) is 0 Å². The van der Waals surface area contributed by atoms with Gasteiger partial charge in [-0.1, -0.05) is 0 Å². The van der Waals surface area contributed by atoms with Crippen LogP contribution >= 0.6 is 0 Å². The quantitative estimate of drug-likeness (QED) is 0.792. The van der Waals surface area contributed by atoms with Gasteiger partial charge in [-0.25, -0.2) is 0 Å². The molecule has 3 aliphatic heterocycles. The van der Waals surface area contributed by atoms with Crippen molar-refractivity contribution in [1.29, 1.82) is 0 Å². The Hall–Kier alpha value is -1.73. The van der Waals surface area contributed by atoms with E-state index < -0.39 is 0 Å². The van der Waals surface area contributed by atoms with Gasteiger partial charge < -0.3 is 19.3 Å². The van der Waals surface area contributed by atoms with Crippen LogP contribution in [-0.2, 0) is 14.3 Å². The van der Waals surface area contributed by atoms with Crippen molar-refractivity contribution in [2.24, 2.45) is 11.3 Å². The van der Waals surface area contributed by atoms with Gasteiger partial charge in [0.25, 0.3) is 0 Å². The van der Waals surface area contributed by atoms with E-state index in [2.05, 4.69) is 15.1 Å². The second-order valence-electron chi connectivity index (χ2n) is 7.38. The smallest absolute Gasteiger partial charge is 0.228 e. The second-order valence-corrected chi connectivity index (χ2v) is 7.38. The third-order valence-corrected chi connectivity index (χ3v) is 5.87. The predicted octanol–water partition coefficient (Wildman–Crippen LogP) is 0.877. The number of aryl methyl sites for hydroxylation is 1. The second kappa shape index (κ2) is 6.88. The zero-order valence-corrected chi connectivity index (χ0v) is 14.8. The van der Waals surface area contributed by atoms with Crippen LogP contribution in [-0.4, -0.2) is 73.6 Å². The molecule has 0 unspecified atom stereocenters. The topological polar surface area (TPSA) is 67.8 Å². The molecule has 1 amide bonds. The molecule has 0 aromatic carbocycles. The van der Waals surface area contributed by atoms with Crippen molar-refractivity contribution in [1.82, 2.24) is 15.1 Å². The van der Waals surface area contributed by atoms with E-state index in [4.69, 9.17) is 9.47 Å². The van der Waals surface area contributed by atoms with Crippen molar-refractivity contribution < 1.29 is 14.3 Å². The SMILES string of the molecule is Cc1ccc(N2C[C@H](C(=O)N3CCOCC3)C3(CCOCC3)C2)nn1. The molecule has 1 aromatic rings. The van der Waals surface area contributed by atoms with Crippen LogP contribution in [0.5, 0.6) is 0 Å². The number of carbonyl (C=O) groups excluding carboxylic acids is 1. The fourth-order valence-corrected chi connectivity index (χ4v) is 4.33. The molecule has 136 valence electrons. The maximum Gasteiger partial charge on any atom is 0.228 e. The average Bonchev–Trinajstić information content (AvgIpc) is 3.01. The summed E-state index contributed by atoms with van der Waals surface area (Å²) in [5.74, 6) is 1.14. The van der Waals surface area contributed by atoms with E-state index in [0.29, 0.717) is 32.8 Å². The van der Waals surface area contributed by atoms with Gasteiger partial charge in [-0.3, -0.25) is 4.79 Å². The summed E-state index contributed by atoms with van der Waals surface area (Å²) in [7, 11) is 0. The van der Waals surface area contributed by atoms with E-state index in [1.807, 2.05) is 24.0 Å². The molecule has 4 rings (SSSR count). The summed E-state index contributed by atoms with van der Waals surface area (Å²) in [5, 5.41) is 8.53. The average molecular weight is 346 g/mol. The van der Waals surface area contributed by atoms with E-state index >= 15 is 0 Å². The van der Waals surface area contributed by atoms with Gasteiger partial charge in [0.1, 0.15) is 0 Å². The van der Waals surface area contributed by atoms with Gasteiger partial charge in [-0.15, -0.1) is 5.10 Å². The summed E-state index contributed by atoms with van der Waals surface area (Å²) in [6, 6.07) is 3.99. The molecule has 7 nitrogen and oxygen atoms in total. The predicted molar refractivity (Wildman–Crippen MR) is 92.4 cm³/mol. The standard InChI is InChI=1S/C18H26N4O3/c1-14-2-3-16(20-19-14)22-12-15(17(23)21-6-10-25-11-7-21)18(13-22)4-8-24-9-5-18/h2-3,15H,4-13H2,1H3/t15-/m1/s1. The van der Waals surface area contributed by atoms with Crippen molar-refractivity contribution in [3.05, 3.63) is 17.8 Å².